The van der Waals surface area contributed by atoms with Crippen molar-refractivity contribution in [1.82, 2.24) is 10.6 Å². The lowest BCUT2D eigenvalue weighted by molar-refractivity contribution is 0.232. The monoisotopic (exact) mass is 169 g/mol. The van der Waals surface area contributed by atoms with Gasteiger partial charge in [0.15, 0.2) is 0 Å². The lowest BCUT2D eigenvalue weighted by Gasteiger charge is -2.18. The third kappa shape index (κ3) is 4.56. The largest absolute Gasteiger partial charge is 0.336 e. The van der Waals surface area contributed by atoms with Crippen molar-refractivity contribution in [2.24, 2.45) is 0 Å². The Balaban J connectivity index is 3.95. The molecule has 0 spiro atoms. The van der Waals surface area contributed by atoms with Gasteiger partial charge in [-0.15, -0.1) is 0 Å². The first-order chi connectivity index (χ1) is 5.37. The average Bonchev–Trinajstić information content (AvgIpc) is 1.84. The maximum Gasteiger partial charge on any atom is 0.316 e. The third-order valence-corrected chi connectivity index (χ3v) is 1.13. The fourth-order valence-corrected chi connectivity index (χ4v) is 0.610. The average molecular weight is 169 g/mol. The summed E-state index contributed by atoms with van der Waals surface area (Å²) in [5.41, 5.74) is -0.807. The zero-order chi connectivity index (χ0) is 9.78. The second-order valence-corrected chi connectivity index (χ2v) is 3.49. The van der Waals surface area contributed by atoms with E-state index in [1.165, 1.54) is 0 Å². The van der Waals surface area contributed by atoms with Crippen molar-refractivity contribution in [1.29, 1.82) is 5.26 Å². The van der Waals surface area contributed by atoms with Gasteiger partial charge in [0.25, 0.3) is 0 Å². The number of nitrogens with zero attached hydrogens (tertiary/aromatic N) is 1. The highest BCUT2D eigenvalue weighted by molar-refractivity contribution is 5.75. The molecule has 2 N–H and O–H groups in total. The van der Waals surface area contributed by atoms with Crippen LogP contribution >= 0.6 is 0 Å². The molecular weight excluding hydrogens is 154 g/mol. The quantitative estimate of drug-likeness (QED) is 0.647. The summed E-state index contributed by atoms with van der Waals surface area (Å²) in [4.78, 5) is 11.1. The molecule has 0 radical (unpaired) electrons. The molecule has 0 atom stereocenters. The molecule has 68 valence electrons. The summed E-state index contributed by atoms with van der Waals surface area (Å²) in [7, 11) is 0. The summed E-state index contributed by atoms with van der Waals surface area (Å²) in [5, 5.41) is 13.7. The molecular formula is C8H15N3O. The van der Waals surface area contributed by atoms with Gasteiger partial charge in [-0.05, 0) is 27.7 Å². The van der Waals surface area contributed by atoms with Crippen LogP contribution in [0.2, 0.25) is 0 Å². The van der Waals surface area contributed by atoms with Crippen molar-refractivity contribution >= 4 is 6.03 Å². The van der Waals surface area contributed by atoms with Crippen molar-refractivity contribution < 1.29 is 4.79 Å². The van der Waals surface area contributed by atoms with Gasteiger partial charge in [-0.2, -0.15) is 5.26 Å². The molecule has 0 aliphatic carbocycles. The molecule has 0 rings (SSSR count). The first kappa shape index (κ1) is 10.8. The SMILES string of the molecule is CC(C)NC(=O)NC(C)(C)C#N. The summed E-state index contributed by atoms with van der Waals surface area (Å²) >= 11 is 0. The fraction of sp³-hybridized carbons (Fsp3) is 0.750. The van der Waals surface area contributed by atoms with E-state index >= 15 is 0 Å². The zero-order valence-corrected chi connectivity index (χ0v) is 7.93. The number of nitrogens with one attached hydrogen (secondary N) is 2. The Labute approximate surface area is 72.9 Å². The molecule has 0 heterocycles. The molecule has 12 heavy (non-hydrogen) atoms. The maximum atomic E-state index is 11.1. The van der Waals surface area contributed by atoms with Crippen LogP contribution in [0.15, 0.2) is 0 Å². The summed E-state index contributed by atoms with van der Waals surface area (Å²) in [5.74, 6) is 0. The van der Waals surface area contributed by atoms with Crippen LogP contribution in [0.5, 0.6) is 0 Å². The molecule has 0 fully saturated rings. The van der Waals surface area contributed by atoms with E-state index in [4.69, 9.17) is 5.26 Å². The van der Waals surface area contributed by atoms with Crippen LogP contribution < -0.4 is 10.6 Å². The summed E-state index contributed by atoms with van der Waals surface area (Å²) in [6.07, 6.45) is 0. The van der Waals surface area contributed by atoms with Crippen LogP contribution in [0.4, 0.5) is 4.79 Å². The molecule has 0 saturated heterocycles. The number of rotatable bonds is 2. The van der Waals surface area contributed by atoms with Crippen LogP contribution in [-0.2, 0) is 0 Å². The third-order valence-electron chi connectivity index (χ3n) is 1.13. The van der Waals surface area contributed by atoms with Crippen molar-refractivity contribution in [3.63, 3.8) is 0 Å². The molecule has 0 unspecified atom stereocenters. The van der Waals surface area contributed by atoms with Crippen LogP contribution in [0, 0.1) is 11.3 Å². The van der Waals surface area contributed by atoms with Gasteiger partial charge in [-0.1, -0.05) is 0 Å². The highest BCUT2D eigenvalue weighted by Gasteiger charge is 2.18. The van der Waals surface area contributed by atoms with E-state index < -0.39 is 5.54 Å². The Morgan fingerprint density at radius 2 is 2.00 bits per heavy atom. The molecule has 0 aromatic rings. The lowest BCUT2D eigenvalue weighted by Crippen LogP contribution is -2.49. The molecule has 4 heteroatoms. The molecule has 0 aromatic heterocycles. The van der Waals surface area contributed by atoms with Crippen molar-refractivity contribution in [2.45, 2.75) is 39.3 Å². The van der Waals surface area contributed by atoms with Crippen LogP contribution in [0.1, 0.15) is 27.7 Å². The van der Waals surface area contributed by atoms with Gasteiger partial charge in [0.2, 0.25) is 0 Å². The Morgan fingerprint density at radius 1 is 1.50 bits per heavy atom. The van der Waals surface area contributed by atoms with Crippen molar-refractivity contribution in [3.8, 4) is 6.07 Å². The minimum atomic E-state index is -0.807. The van der Waals surface area contributed by atoms with E-state index in [0.29, 0.717) is 0 Å². The first-order valence-corrected chi connectivity index (χ1v) is 3.87. The highest BCUT2D eigenvalue weighted by Crippen LogP contribution is 1.97. The number of hydrogen-bond donors (Lipinski definition) is 2. The highest BCUT2D eigenvalue weighted by atomic mass is 16.2. The minimum Gasteiger partial charge on any atom is -0.336 e. The van der Waals surface area contributed by atoms with Gasteiger partial charge in [0.05, 0.1) is 6.07 Å². The molecule has 0 saturated carbocycles. The standard InChI is InChI=1S/C8H15N3O/c1-6(2)10-7(12)11-8(3,4)5-9/h6H,1-4H3,(H2,10,11,12). The second kappa shape index (κ2) is 3.96. The molecule has 0 aliphatic rings. The van der Waals surface area contributed by atoms with E-state index in [-0.39, 0.29) is 12.1 Å². The van der Waals surface area contributed by atoms with Crippen molar-refractivity contribution in [3.05, 3.63) is 0 Å². The summed E-state index contributed by atoms with van der Waals surface area (Å²) in [6.45, 7) is 7.01. The first-order valence-electron chi connectivity index (χ1n) is 3.87. The van der Waals surface area contributed by atoms with Gasteiger partial charge in [0.1, 0.15) is 5.54 Å². The van der Waals surface area contributed by atoms with E-state index in [9.17, 15) is 4.79 Å². The van der Waals surface area contributed by atoms with E-state index in [2.05, 4.69) is 10.6 Å². The van der Waals surface area contributed by atoms with Crippen LogP contribution in [-0.4, -0.2) is 17.6 Å². The Kier molecular flexibility index (Phi) is 3.55. The van der Waals surface area contributed by atoms with Crippen LogP contribution in [0.3, 0.4) is 0 Å². The zero-order valence-electron chi connectivity index (χ0n) is 7.93. The Morgan fingerprint density at radius 3 is 2.33 bits per heavy atom. The molecule has 4 nitrogen and oxygen atoms in total. The Hall–Kier alpha value is -1.24. The van der Waals surface area contributed by atoms with E-state index in [1.54, 1.807) is 13.8 Å². The normalized spacial score (nSPS) is 10.7. The predicted molar refractivity (Wildman–Crippen MR) is 46.5 cm³/mol. The fourth-order valence-electron chi connectivity index (χ4n) is 0.610. The number of hydrogen-bond acceptors (Lipinski definition) is 2. The van der Waals surface area contributed by atoms with Gasteiger partial charge in [0, 0.05) is 6.04 Å². The predicted octanol–water partition coefficient (Wildman–Crippen LogP) is 0.996. The van der Waals surface area contributed by atoms with E-state index in [0.717, 1.165) is 0 Å². The lowest BCUT2D eigenvalue weighted by atomic mass is 10.1. The number of urea groups is 1. The topological polar surface area (TPSA) is 64.9 Å². The van der Waals surface area contributed by atoms with Gasteiger partial charge in [-0.25, -0.2) is 4.79 Å². The number of amides is 2. The molecule has 0 aromatic carbocycles. The van der Waals surface area contributed by atoms with E-state index in [1.807, 2.05) is 19.9 Å². The number of nitriles is 1. The molecule has 0 bridgehead atoms. The molecule has 0 aliphatic heterocycles. The van der Waals surface area contributed by atoms with Gasteiger partial charge >= 0.3 is 6.03 Å². The van der Waals surface area contributed by atoms with Gasteiger partial charge < -0.3 is 10.6 Å². The van der Waals surface area contributed by atoms with Gasteiger partial charge in [-0.3, -0.25) is 0 Å². The molecule has 2 amide bonds. The number of carbonyl (C=O) groups excluding carboxylic acids is 1. The van der Waals surface area contributed by atoms with Crippen molar-refractivity contribution in [2.75, 3.05) is 0 Å². The second-order valence-electron chi connectivity index (χ2n) is 3.49. The van der Waals surface area contributed by atoms with Crippen LogP contribution in [0.25, 0.3) is 0 Å². The number of carbonyl (C=O) groups is 1. The minimum absolute atomic E-state index is 0.0829. The summed E-state index contributed by atoms with van der Waals surface area (Å²) in [6, 6.07) is 1.75. The maximum absolute atomic E-state index is 11.1. The smallest absolute Gasteiger partial charge is 0.316 e. The Bertz CT molecular complexity index is 203. The summed E-state index contributed by atoms with van der Waals surface area (Å²) < 4.78 is 0.